The van der Waals surface area contributed by atoms with Crippen LogP contribution in [-0.2, 0) is 0 Å². The summed E-state index contributed by atoms with van der Waals surface area (Å²) < 4.78 is 11.5. The summed E-state index contributed by atoms with van der Waals surface area (Å²) in [5.41, 5.74) is 23.6. The van der Waals surface area contributed by atoms with Crippen molar-refractivity contribution in [1.29, 1.82) is 0 Å². The SMILES string of the molecule is CCC=N/C=C(\C)c1ccccc1-c1ccc2c(c1)c1cc(-c3ccc4oc5ccc(-n6c7ccc(C8=C(C)CCC=C8)cc7c7cc(-c8cccc(-c9cnccn9)c8)ccc76)cc5c4c3)ccc1n2-c1ccccc1. The van der Waals surface area contributed by atoms with Gasteiger partial charge < -0.3 is 13.6 Å². The molecule has 368 valence electrons. The Labute approximate surface area is 447 Å². The molecule has 9 aromatic carbocycles. The standard InChI is InChI=1S/C71H53N5O/c1-4-33-72-43-46(3)57-19-10-11-20-58(57)52-24-30-67-62(41-52)59-38-49(22-27-66(59)75(67)54-16-6-5-7-17-54)50-25-31-70-63(39-50)64-42-55(26-32-71(64)77-70)76-68-28-21-48(47-14-12-15-53(36-47)65-44-73-34-35-74-65)37-60(68)61-40-51(23-29-69(61)76)56-18-9-8-13-45(56)2/h5-7,9-12,14-44H,4,8,13H2,1-3H3/b46-43+,72-33?. The summed E-state index contributed by atoms with van der Waals surface area (Å²) in [6.45, 7) is 6.53. The summed E-state index contributed by atoms with van der Waals surface area (Å²) >= 11 is 0. The van der Waals surface area contributed by atoms with Crippen molar-refractivity contribution in [3.63, 3.8) is 0 Å². The molecule has 1 aliphatic rings. The molecule has 4 heterocycles. The topological polar surface area (TPSA) is 61.1 Å². The molecular formula is C71H53N5O. The Morgan fingerprint density at radius 2 is 1.13 bits per heavy atom. The second-order valence-electron chi connectivity index (χ2n) is 20.3. The molecule has 0 radical (unpaired) electrons. The van der Waals surface area contributed by atoms with E-state index in [-0.39, 0.29) is 0 Å². The van der Waals surface area contributed by atoms with E-state index in [0.29, 0.717) is 0 Å². The van der Waals surface area contributed by atoms with Crippen LogP contribution in [0.15, 0.2) is 240 Å². The Morgan fingerprint density at radius 1 is 0.545 bits per heavy atom. The van der Waals surface area contributed by atoms with Crippen LogP contribution in [-0.4, -0.2) is 25.3 Å². The summed E-state index contributed by atoms with van der Waals surface area (Å²) in [6, 6.07) is 69.0. The fraction of sp³-hybridized carbons (Fsp3) is 0.0845. The smallest absolute Gasteiger partial charge is 0.135 e. The highest BCUT2D eigenvalue weighted by Crippen LogP contribution is 2.43. The summed E-state index contributed by atoms with van der Waals surface area (Å²) in [5, 5.41) is 6.97. The van der Waals surface area contributed by atoms with E-state index in [2.05, 4.69) is 245 Å². The highest BCUT2D eigenvalue weighted by Gasteiger charge is 2.20. The molecule has 0 fully saturated rings. The molecule has 0 N–H and O–H groups in total. The highest BCUT2D eigenvalue weighted by molar-refractivity contribution is 6.14. The van der Waals surface area contributed by atoms with Crippen molar-refractivity contribution in [2.75, 3.05) is 0 Å². The zero-order valence-corrected chi connectivity index (χ0v) is 43.2. The maximum absolute atomic E-state index is 6.63. The Morgan fingerprint density at radius 3 is 1.83 bits per heavy atom. The zero-order valence-electron chi connectivity index (χ0n) is 43.2. The van der Waals surface area contributed by atoms with E-state index in [1.54, 1.807) is 12.4 Å². The molecule has 6 heteroatoms. The van der Waals surface area contributed by atoms with Crippen LogP contribution in [0.3, 0.4) is 0 Å². The average molecular weight is 992 g/mol. The quantitative estimate of drug-likeness (QED) is 0.128. The van der Waals surface area contributed by atoms with E-state index in [1.807, 2.05) is 18.6 Å². The third kappa shape index (κ3) is 8.00. The maximum atomic E-state index is 6.63. The number of allylic oxidation sites excluding steroid dienone is 5. The summed E-state index contributed by atoms with van der Waals surface area (Å²) in [6.07, 6.45) is 16.9. The van der Waals surface area contributed by atoms with Gasteiger partial charge in [0.15, 0.2) is 0 Å². The molecule has 0 atom stereocenters. The largest absolute Gasteiger partial charge is 0.456 e. The van der Waals surface area contributed by atoms with Gasteiger partial charge in [0.25, 0.3) is 0 Å². The number of fused-ring (bicyclic) bond motifs is 9. The van der Waals surface area contributed by atoms with Gasteiger partial charge in [-0.25, -0.2) is 0 Å². The van der Waals surface area contributed by atoms with Gasteiger partial charge in [-0.3, -0.25) is 15.0 Å². The lowest BCUT2D eigenvalue weighted by atomic mass is 9.92. The molecule has 0 saturated carbocycles. The molecule has 13 aromatic rings. The number of aromatic nitrogens is 4. The molecule has 1 aliphatic carbocycles. The van der Waals surface area contributed by atoms with E-state index in [4.69, 9.17) is 4.42 Å². The molecule has 77 heavy (non-hydrogen) atoms. The lowest BCUT2D eigenvalue weighted by Crippen LogP contribution is -1.94. The first-order valence-corrected chi connectivity index (χ1v) is 26.7. The number of furan rings is 1. The predicted octanol–water partition coefficient (Wildman–Crippen LogP) is 19.2. The number of hydrogen-bond donors (Lipinski definition) is 0. The van der Waals surface area contributed by atoms with Crippen LogP contribution in [0.4, 0.5) is 0 Å². The second-order valence-corrected chi connectivity index (χ2v) is 20.3. The highest BCUT2D eigenvalue weighted by atomic mass is 16.3. The van der Waals surface area contributed by atoms with E-state index < -0.39 is 0 Å². The lowest BCUT2D eigenvalue weighted by molar-refractivity contribution is 0.669. The first-order chi connectivity index (χ1) is 38.0. The second kappa shape index (κ2) is 18.9. The van der Waals surface area contributed by atoms with Crippen molar-refractivity contribution in [2.24, 2.45) is 4.99 Å². The van der Waals surface area contributed by atoms with Crippen LogP contribution in [0.1, 0.15) is 51.2 Å². The molecular weight excluding hydrogens is 939 g/mol. The summed E-state index contributed by atoms with van der Waals surface area (Å²) in [7, 11) is 0. The van der Waals surface area contributed by atoms with Crippen LogP contribution in [0.2, 0.25) is 0 Å². The van der Waals surface area contributed by atoms with Crippen molar-refractivity contribution in [1.82, 2.24) is 19.1 Å². The number of rotatable bonds is 10. The van der Waals surface area contributed by atoms with E-state index in [0.717, 1.165) is 114 Å². The van der Waals surface area contributed by atoms with Crippen LogP contribution in [0.25, 0.3) is 133 Å². The van der Waals surface area contributed by atoms with E-state index >= 15 is 0 Å². The minimum absolute atomic E-state index is 0.854. The first-order valence-electron chi connectivity index (χ1n) is 26.7. The Kier molecular flexibility index (Phi) is 11.3. The summed E-state index contributed by atoms with van der Waals surface area (Å²) in [4.78, 5) is 13.5. The van der Waals surface area contributed by atoms with Crippen molar-refractivity contribution >= 4 is 82.9 Å². The predicted molar refractivity (Wildman–Crippen MR) is 323 cm³/mol. The van der Waals surface area contributed by atoms with Crippen molar-refractivity contribution in [3.8, 4) is 56.0 Å². The van der Waals surface area contributed by atoms with E-state index in [1.165, 1.54) is 54.9 Å². The molecule has 0 amide bonds. The van der Waals surface area contributed by atoms with Crippen molar-refractivity contribution in [2.45, 2.75) is 40.0 Å². The number of hydrogen-bond acceptors (Lipinski definition) is 4. The molecule has 0 unspecified atom stereocenters. The molecule has 0 spiro atoms. The van der Waals surface area contributed by atoms with Crippen LogP contribution < -0.4 is 0 Å². The van der Waals surface area contributed by atoms with Gasteiger partial charge in [-0.05, 0) is 186 Å². The minimum atomic E-state index is 0.854. The molecule has 0 aliphatic heterocycles. The minimum Gasteiger partial charge on any atom is -0.456 e. The molecule has 14 rings (SSSR count). The van der Waals surface area contributed by atoms with Gasteiger partial charge in [-0.15, -0.1) is 0 Å². The molecule has 6 nitrogen and oxygen atoms in total. The van der Waals surface area contributed by atoms with Gasteiger partial charge in [-0.1, -0.05) is 116 Å². The monoisotopic (exact) mass is 991 g/mol. The van der Waals surface area contributed by atoms with Gasteiger partial charge in [0.05, 0.1) is 34.0 Å². The number of benzene rings is 9. The Hall–Kier alpha value is -9.65. The number of nitrogens with zero attached hydrogens (tertiary/aromatic N) is 5. The number of aliphatic imine (C=N–C) groups is 1. The first kappa shape index (κ1) is 45.9. The zero-order chi connectivity index (χ0) is 51.6. The molecule has 0 bridgehead atoms. The third-order valence-corrected chi connectivity index (χ3v) is 15.6. The van der Waals surface area contributed by atoms with Gasteiger partial charge in [-0.2, -0.15) is 0 Å². The van der Waals surface area contributed by atoms with Gasteiger partial charge in [0.2, 0.25) is 0 Å². The third-order valence-electron chi connectivity index (χ3n) is 15.6. The van der Waals surface area contributed by atoms with E-state index in [9.17, 15) is 0 Å². The molecule has 0 saturated heterocycles. The molecule has 4 aromatic heterocycles. The summed E-state index contributed by atoms with van der Waals surface area (Å²) in [5.74, 6) is 0. The van der Waals surface area contributed by atoms with Gasteiger partial charge in [0, 0.05) is 74.1 Å². The Bertz CT molecular complexity index is 4620. The van der Waals surface area contributed by atoms with Crippen LogP contribution in [0, 0.1) is 0 Å². The van der Waals surface area contributed by atoms with Crippen molar-refractivity contribution in [3.05, 3.63) is 242 Å². The Balaban J connectivity index is 0.906. The average Bonchev–Trinajstić information content (AvgIpc) is 4.19. The van der Waals surface area contributed by atoms with Gasteiger partial charge in [0.1, 0.15) is 11.2 Å². The maximum Gasteiger partial charge on any atom is 0.135 e. The van der Waals surface area contributed by atoms with Crippen LogP contribution >= 0.6 is 0 Å². The normalized spacial score (nSPS) is 13.3. The lowest BCUT2D eigenvalue weighted by Gasteiger charge is -2.13. The van der Waals surface area contributed by atoms with Crippen molar-refractivity contribution < 1.29 is 4.42 Å². The number of para-hydroxylation sites is 1. The van der Waals surface area contributed by atoms with Gasteiger partial charge >= 0.3 is 0 Å². The fourth-order valence-corrected chi connectivity index (χ4v) is 11.8. The fourth-order valence-electron chi connectivity index (χ4n) is 11.8. The van der Waals surface area contributed by atoms with Crippen LogP contribution in [0.5, 0.6) is 0 Å².